The van der Waals surface area contributed by atoms with Crippen LogP contribution in [-0.4, -0.2) is 16.5 Å². The van der Waals surface area contributed by atoms with E-state index in [1.165, 1.54) is 6.20 Å². The summed E-state index contributed by atoms with van der Waals surface area (Å²) in [4.78, 5) is 7.63. The van der Waals surface area contributed by atoms with E-state index >= 15 is 0 Å². The Morgan fingerprint density at radius 1 is 1.58 bits per heavy atom. The summed E-state index contributed by atoms with van der Waals surface area (Å²) >= 11 is 5.57. The van der Waals surface area contributed by atoms with Gasteiger partial charge in [0.25, 0.3) is 0 Å². The first kappa shape index (κ1) is 8.78. The highest BCUT2D eigenvalue weighted by Gasteiger charge is 1.98. The van der Waals surface area contributed by atoms with E-state index in [4.69, 9.17) is 23.1 Å². The zero-order valence-corrected chi connectivity index (χ0v) is 6.97. The van der Waals surface area contributed by atoms with Gasteiger partial charge in [0.15, 0.2) is 11.5 Å². The first-order valence-electron chi connectivity index (χ1n) is 3.21. The van der Waals surface area contributed by atoms with Gasteiger partial charge < -0.3 is 11.5 Å². The molecule has 0 radical (unpaired) electrons. The monoisotopic (exact) mass is 182 g/mol. The first-order chi connectivity index (χ1) is 5.74. The summed E-state index contributed by atoms with van der Waals surface area (Å²) in [7, 11) is 0. The molecule has 62 valence electrons. The number of nitrogens with two attached hydrogens (primary N) is 2. The molecule has 12 heavy (non-hydrogen) atoms. The smallest absolute Gasteiger partial charge is 0.158 e. The van der Waals surface area contributed by atoms with Crippen molar-refractivity contribution in [2.45, 2.75) is 0 Å². The Labute approximate surface area is 74.9 Å². The van der Waals surface area contributed by atoms with Gasteiger partial charge in [0.2, 0.25) is 0 Å². The molecule has 0 aliphatic rings. The number of hydrogen-bond acceptors (Lipinski definition) is 4. The summed E-state index contributed by atoms with van der Waals surface area (Å²) < 4.78 is 0. The van der Waals surface area contributed by atoms with Crippen molar-refractivity contribution >= 4 is 17.4 Å². The molecule has 0 saturated carbocycles. The molecule has 0 unspecified atom stereocenters. The van der Waals surface area contributed by atoms with E-state index in [9.17, 15) is 0 Å². The van der Waals surface area contributed by atoms with Crippen molar-refractivity contribution in [1.29, 1.82) is 0 Å². The summed E-state index contributed by atoms with van der Waals surface area (Å²) in [5.74, 6) is 5.53. The summed E-state index contributed by atoms with van der Waals surface area (Å²) in [6.07, 6.45) is 1.37. The van der Waals surface area contributed by atoms with E-state index in [-0.39, 0.29) is 17.5 Å². The molecule has 0 fully saturated rings. The second-order valence-electron chi connectivity index (χ2n) is 1.93. The topological polar surface area (TPSA) is 77.8 Å². The Hall–Kier alpha value is -1.31. The van der Waals surface area contributed by atoms with Gasteiger partial charge in [0.1, 0.15) is 5.15 Å². The molecule has 1 rings (SSSR count). The molecule has 0 atom stereocenters. The van der Waals surface area contributed by atoms with Crippen LogP contribution in [0.3, 0.4) is 0 Å². The number of aromatic nitrogens is 2. The molecule has 0 aromatic carbocycles. The maximum absolute atomic E-state index is 5.57. The maximum atomic E-state index is 5.57. The van der Waals surface area contributed by atoms with Gasteiger partial charge in [0, 0.05) is 0 Å². The van der Waals surface area contributed by atoms with E-state index in [2.05, 4.69) is 21.8 Å². The minimum absolute atomic E-state index is 0.258. The average Bonchev–Trinajstić information content (AvgIpc) is 2.07. The number of hydrogen-bond donors (Lipinski definition) is 2. The molecular weight excluding hydrogens is 176 g/mol. The molecule has 0 spiro atoms. The highest BCUT2D eigenvalue weighted by atomic mass is 35.5. The Bertz CT molecular complexity index is 339. The lowest BCUT2D eigenvalue weighted by molar-refractivity contribution is 1.18. The third kappa shape index (κ3) is 2.09. The van der Waals surface area contributed by atoms with Crippen LogP contribution >= 0.6 is 11.6 Å². The van der Waals surface area contributed by atoms with Crippen LogP contribution in [0.25, 0.3) is 0 Å². The zero-order chi connectivity index (χ0) is 8.97. The highest BCUT2D eigenvalue weighted by Crippen LogP contribution is 2.07. The van der Waals surface area contributed by atoms with Gasteiger partial charge in [-0.25, -0.2) is 9.97 Å². The van der Waals surface area contributed by atoms with Crippen LogP contribution in [0.5, 0.6) is 0 Å². The Balaban J connectivity index is 3.05. The molecule has 0 aliphatic carbocycles. The SMILES string of the molecule is NCC#Cc1nc(Cl)cnc1N. The van der Waals surface area contributed by atoms with Crippen LogP contribution in [0.1, 0.15) is 5.69 Å². The van der Waals surface area contributed by atoms with Crippen LogP contribution in [0, 0.1) is 11.8 Å². The van der Waals surface area contributed by atoms with E-state index in [1.54, 1.807) is 0 Å². The van der Waals surface area contributed by atoms with E-state index in [1.807, 2.05) is 0 Å². The van der Waals surface area contributed by atoms with Gasteiger partial charge in [-0.15, -0.1) is 0 Å². The second kappa shape index (κ2) is 3.90. The van der Waals surface area contributed by atoms with Gasteiger partial charge in [-0.3, -0.25) is 0 Å². The van der Waals surface area contributed by atoms with Crippen LogP contribution in [0.2, 0.25) is 5.15 Å². The molecule has 0 aliphatic heterocycles. The molecule has 1 aromatic heterocycles. The first-order valence-corrected chi connectivity index (χ1v) is 3.59. The lowest BCUT2D eigenvalue weighted by Crippen LogP contribution is -1.99. The maximum Gasteiger partial charge on any atom is 0.158 e. The quantitative estimate of drug-likeness (QED) is 0.555. The fourth-order valence-electron chi connectivity index (χ4n) is 0.604. The third-order valence-corrected chi connectivity index (χ3v) is 1.26. The van der Waals surface area contributed by atoms with Crippen molar-refractivity contribution < 1.29 is 0 Å². The van der Waals surface area contributed by atoms with Crippen molar-refractivity contribution in [3.63, 3.8) is 0 Å². The number of halogens is 1. The number of rotatable bonds is 0. The summed E-state index contributed by atoms with van der Waals surface area (Å²) in [6.45, 7) is 0.258. The van der Waals surface area contributed by atoms with Crippen LogP contribution < -0.4 is 11.5 Å². The summed E-state index contributed by atoms with van der Waals surface area (Å²) in [5.41, 5.74) is 11.0. The fourth-order valence-corrected chi connectivity index (χ4v) is 0.737. The van der Waals surface area contributed by atoms with Crippen molar-refractivity contribution in [1.82, 2.24) is 9.97 Å². The minimum atomic E-state index is 0.258. The third-order valence-electron chi connectivity index (χ3n) is 1.08. The lowest BCUT2D eigenvalue weighted by Gasteiger charge is -1.94. The minimum Gasteiger partial charge on any atom is -0.381 e. The van der Waals surface area contributed by atoms with Gasteiger partial charge >= 0.3 is 0 Å². The van der Waals surface area contributed by atoms with E-state index in [0.717, 1.165) is 0 Å². The van der Waals surface area contributed by atoms with Crippen molar-refractivity contribution in [2.75, 3.05) is 12.3 Å². The van der Waals surface area contributed by atoms with E-state index in [0.29, 0.717) is 5.69 Å². The van der Waals surface area contributed by atoms with E-state index < -0.39 is 0 Å². The number of nitrogens with zero attached hydrogens (tertiary/aromatic N) is 2. The molecule has 1 heterocycles. The number of nitrogen functional groups attached to an aromatic ring is 1. The Morgan fingerprint density at radius 3 is 3.00 bits per heavy atom. The van der Waals surface area contributed by atoms with Crippen LogP contribution in [0.15, 0.2) is 6.20 Å². The van der Waals surface area contributed by atoms with Gasteiger partial charge in [-0.05, 0) is 5.92 Å². The molecular formula is C7H7ClN4. The average molecular weight is 183 g/mol. The Morgan fingerprint density at radius 2 is 2.33 bits per heavy atom. The molecule has 4 N–H and O–H groups in total. The molecule has 1 aromatic rings. The summed E-state index contributed by atoms with van der Waals surface area (Å²) in [5, 5.41) is 0.269. The van der Waals surface area contributed by atoms with Crippen molar-refractivity contribution in [3.8, 4) is 11.8 Å². The van der Waals surface area contributed by atoms with Gasteiger partial charge in [0.05, 0.1) is 12.7 Å². The normalized spacial score (nSPS) is 8.83. The largest absolute Gasteiger partial charge is 0.381 e. The predicted octanol–water partition coefficient (Wildman–Crippen LogP) is 0.0224. The molecule has 0 bridgehead atoms. The highest BCUT2D eigenvalue weighted by molar-refractivity contribution is 6.29. The number of anilines is 1. The van der Waals surface area contributed by atoms with Crippen LogP contribution in [-0.2, 0) is 0 Å². The Kier molecular flexibility index (Phi) is 2.86. The fraction of sp³-hybridized carbons (Fsp3) is 0.143. The lowest BCUT2D eigenvalue weighted by atomic mass is 10.4. The van der Waals surface area contributed by atoms with Gasteiger partial charge in [-0.2, -0.15) is 0 Å². The van der Waals surface area contributed by atoms with Crippen molar-refractivity contribution in [2.24, 2.45) is 5.73 Å². The zero-order valence-electron chi connectivity index (χ0n) is 6.21. The standard InChI is InChI=1S/C7H7ClN4/c8-6-4-11-7(10)5(12-6)2-1-3-9/h4H,3,9H2,(H2,10,11). The summed E-state index contributed by atoms with van der Waals surface area (Å²) in [6, 6.07) is 0. The molecule has 0 saturated heterocycles. The predicted molar refractivity (Wildman–Crippen MR) is 47.4 cm³/mol. The molecule has 5 heteroatoms. The van der Waals surface area contributed by atoms with Gasteiger partial charge in [-0.1, -0.05) is 17.5 Å². The molecule has 0 amide bonds. The van der Waals surface area contributed by atoms with Crippen LogP contribution in [0.4, 0.5) is 5.82 Å². The van der Waals surface area contributed by atoms with Crippen molar-refractivity contribution in [3.05, 3.63) is 17.0 Å². The second-order valence-corrected chi connectivity index (χ2v) is 2.32. The molecule has 4 nitrogen and oxygen atoms in total.